The van der Waals surface area contributed by atoms with Gasteiger partial charge < -0.3 is 10.6 Å². The summed E-state index contributed by atoms with van der Waals surface area (Å²) in [7, 11) is 0. The standard InChI is InChI=1S/C22H22FN3O3/c23-18-7-5-15(6-8-18)10-12-24-19(27)14-26-20(28)22(25-21(26)29)11-9-16-3-1-2-4-17(16)13-22/h1-8H,9-14H2,(H,24,27)(H,25,29). The topological polar surface area (TPSA) is 78.5 Å². The zero-order valence-corrected chi connectivity index (χ0v) is 15.9. The summed E-state index contributed by atoms with van der Waals surface area (Å²) in [6.45, 7) is 0.0319. The number of imide groups is 1. The second-order valence-electron chi connectivity index (χ2n) is 7.58. The van der Waals surface area contributed by atoms with Crippen molar-refractivity contribution in [3.05, 3.63) is 71.0 Å². The van der Waals surface area contributed by atoms with Gasteiger partial charge in [0.1, 0.15) is 17.9 Å². The van der Waals surface area contributed by atoms with E-state index in [0.717, 1.165) is 16.0 Å². The zero-order valence-electron chi connectivity index (χ0n) is 15.9. The molecule has 0 aromatic heterocycles. The second-order valence-corrected chi connectivity index (χ2v) is 7.58. The highest BCUT2D eigenvalue weighted by Gasteiger charge is 2.52. The lowest BCUT2D eigenvalue weighted by atomic mass is 9.78. The maximum Gasteiger partial charge on any atom is 0.325 e. The van der Waals surface area contributed by atoms with Crippen LogP contribution in [-0.2, 0) is 28.9 Å². The van der Waals surface area contributed by atoms with Crippen molar-refractivity contribution in [3.8, 4) is 0 Å². The number of hydrogen-bond acceptors (Lipinski definition) is 3. The molecule has 1 unspecified atom stereocenters. The zero-order chi connectivity index (χ0) is 20.4. The summed E-state index contributed by atoms with van der Waals surface area (Å²) in [4.78, 5) is 38.7. The third-order valence-corrected chi connectivity index (χ3v) is 5.63. The van der Waals surface area contributed by atoms with Crippen molar-refractivity contribution in [1.29, 1.82) is 0 Å². The molecule has 1 saturated heterocycles. The molecule has 1 aliphatic carbocycles. The van der Waals surface area contributed by atoms with Crippen LogP contribution in [0.1, 0.15) is 23.1 Å². The number of halogens is 1. The number of rotatable bonds is 5. The predicted octanol–water partition coefficient (Wildman–Crippen LogP) is 1.96. The average molecular weight is 395 g/mol. The molecule has 1 fully saturated rings. The van der Waals surface area contributed by atoms with Gasteiger partial charge in [0.25, 0.3) is 5.91 Å². The van der Waals surface area contributed by atoms with Gasteiger partial charge in [0.05, 0.1) is 0 Å². The van der Waals surface area contributed by atoms with Crippen molar-refractivity contribution >= 4 is 17.8 Å². The molecule has 150 valence electrons. The normalized spacial score (nSPS) is 20.5. The number of hydrogen-bond donors (Lipinski definition) is 2. The van der Waals surface area contributed by atoms with Gasteiger partial charge in [-0.2, -0.15) is 0 Å². The van der Waals surface area contributed by atoms with Gasteiger partial charge in [0.15, 0.2) is 0 Å². The quantitative estimate of drug-likeness (QED) is 0.760. The molecule has 7 heteroatoms. The molecule has 4 rings (SSSR count). The first-order valence-corrected chi connectivity index (χ1v) is 9.69. The minimum absolute atomic E-state index is 0.308. The largest absolute Gasteiger partial charge is 0.354 e. The number of nitrogens with zero attached hydrogens (tertiary/aromatic N) is 1. The van der Waals surface area contributed by atoms with Crippen LogP contribution in [0.15, 0.2) is 48.5 Å². The van der Waals surface area contributed by atoms with Gasteiger partial charge >= 0.3 is 6.03 Å². The fourth-order valence-electron chi connectivity index (χ4n) is 4.04. The highest BCUT2D eigenvalue weighted by molar-refractivity contribution is 6.09. The summed E-state index contributed by atoms with van der Waals surface area (Å²) in [6, 6.07) is 13.4. The lowest BCUT2D eigenvalue weighted by Crippen LogP contribution is -2.51. The molecule has 4 amide bonds. The summed E-state index contributed by atoms with van der Waals surface area (Å²) >= 11 is 0. The number of aryl methyl sites for hydroxylation is 1. The van der Waals surface area contributed by atoms with E-state index >= 15 is 0 Å². The Kier molecular flexibility index (Phi) is 5.05. The highest BCUT2D eigenvalue weighted by atomic mass is 19.1. The van der Waals surface area contributed by atoms with Crippen molar-refractivity contribution < 1.29 is 18.8 Å². The Hall–Kier alpha value is -3.22. The van der Waals surface area contributed by atoms with Gasteiger partial charge in [-0.15, -0.1) is 0 Å². The van der Waals surface area contributed by atoms with Crippen LogP contribution in [0.5, 0.6) is 0 Å². The maximum atomic E-state index is 13.0. The van der Waals surface area contributed by atoms with E-state index in [-0.39, 0.29) is 18.3 Å². The van der Waals surface area contributed by atoms with Gasteiger partial charge in [-0.3, -0.25) is 14.5 Å². The third kappa shape index (κ3) is 3.85. The molecular formula is C22H22FN3O3. The van der Waals surface area contributed by atoms with E-state index < -0.39 is 17.5 Å². The lowest BCUT2D eigenvalue weighted by Gasteiger charge is -2.32. The van der Waals surface area contributed by atoms with Crippen LogP contribution >= 0.6 is 0 Å². The van der Waals surface area contributed by atoms with Gasteiger partial charge in [0, 0.05) is 13.0 Å². The van der Waals surface area contributed by atoms with Crippen LogP contribution in [0, 0.1) is 5.82 Å². The SMILES string of the molecule is O=C(CN1C(=O)NC2(CCc3ccccc3C2)C1=O)NCCc1ccc(F)cc1. The first-order valence-electron chi connectivity index (χ1n) is 9.69. The Morgan fingerprint density at radius 2 is 1.83 bits per heavy atom. The summed E-state index contributed by atoms with van der Waals surface area (Å²) < 4.78 is 12.9. The van der Waals surface area contributed by atoms with Crippen LogP contribution in [0.3, 0.4) is 0 Å². The number of carbonyl (C=O) groups is 3. The summed E-state index contributed by atoms with van der Waals surface area (Å²) in [5.74, 6) is -1.05. The lowest BCUT2D eigenvalue weighted by molar-refractivity contribution is -0.135. The van der Waals surface area contributed by atoms with Crippen molar-refractivity contribution in [1.82, 2.24) is 15.5 Å². The molecule has 2 aliphatic rings. The fourth-order valence-corrected chi connectivity index (χ4v) is 4.04. The Balaban J connectivity index is 1.34. The molecule has 6 nitrogen and oxygen atoms in total. The van der Waals surface area contributed by atoms with E-state index in [1.54, 1.807) is 12.1 Å². The highest BCUT2D eigenvalue weighted by Crippen LogP contribution is 2.33. The van der Waals surface area contributed by atoms with Gasteiger partial charge in [-0.1, -0.05) is 36.4 Å². The van der Waals surface area contributed by atoms with E-state index in [4.69, 9.17) is 0 Å². The Bertz CT molecular complexity index is 960. The smallest absolute Gasteiger partial charge is 0.325 e. The van der Waals surface area contributed by atoms with Crippen LogP contribution in [-0.4, -0.2) is 41.4 Å². The van der Waals surface area contributed by atoms with Crippen molar-refractivity contribution in [2.24, 2.45) is 0 Å². The second kappa shape index (κ2) is 7.66. The van der Waals surface area contributed by atoms with E-state index in [9.17, 15) is 18.8 Å². The van der Waals surface area contributed by atoms with Crippen molar-refractivity contribution in [2.75, 3.05) is 13.1 Å². The molecular weight excluding hydrogens is 373 g/mol. The van der Waals surface area contributed by atoms with Crippen LogP contribution in [0.25, 0.3) is 0 Å². The molecule has 2 aromatic rings. The average Bonchev–Trinajstić information content (AvgIpc) is 2.93. The predicted molar refractivity (Wildman–Crippen MR) is 105 cm³/mol. The van der Waals surface area contributed by atoms with Crippen LogP contribution in [0.4, 0.5) is 9.18 Å². The number of urea groups is 1. The number of nitrogens with one attached hydrogen (secondary N) is 2. The van der Waals surface area contributed by atoms with E-state index in [2.05, 4.69) is 10.6 Å². The van der Waals surface area contributed by atoms with Gasteiger partial charge in [0.2, 0.25) is 5.91 Å². The number of benzene rings is 2. The molecule has 0 radical (unpaired) electrons. The molecule has 29 heavy (non-hydrogen) atoms. The van der Waals surface area contributed by atoms with E-state index in [0.29, 0.717) is 32.2 Å². The molecule has 0 bridgehead atoms. The summed E-state index contributed by atoms with van der Waals surface area (Å²) in [6.07, 6.45) is 2.21. The minimum Gasteiger partial charge on any atom is -0.354 e. The van der Waals surface area contributed by atoms with Gasteiger partial charge in [-0.05, 0) is 48.1 Å². The molecule has 2 N–H and O–H groups in total. The summed E-state index contributed by atoms with van der Waals surface area (Å²) in [5.41, 5.74) is 2.18. The van der Waals surface area contributed by atoms with Gasteiger partial charge in [-0.25, -0.2) is 9.18 Å². The first kappa shape index (κ1) is 19.1. The number of amides is 4. The third-order valence-electron chi connectivity index (χ3n) is 5.63. The molecule has 0 saturated carbocycles. The monoisotopic (exact) mass is 395 g/mol. The molecule has 1 aliphatic heterocycles. The Morgan fingerprint density at radius 1 is 1.10 bits per heavy atom. The Morgan fingerprint density at radius 3 is 2.59 bits per heavy atom. The molecule has 1 spiro atoms. The maximum absolute atomic E-state index is 13.0. The minimum atomic E-state index is -0.959. The van der Waals surface area contributed by atoms with Crippen LogP contribution in [0.2, 0.25) is 0 Å². The fraction of sp³-hybridized carbons (Fsp3) is 0.318. The molecule has 1 heterocycles. The molecule has 2 aromatic carbocycles. The van der Waals surface area contributed by atoms with E-state index in [1.807, 2.05) is 24.3 Å². The first-order chi connectivity index (χ1) is 14.0. The summed E-state index contributed by atoms with van der Waals surface area (Å²) in [5, 5.41) is 5.54. The van der Waals surface area contributed by atoms with Crippen molar-refractivity contribution in [3.63, 3.8) is 0 Å². The van der Waals surface area contributed by atoms with E-state index in [1.165, 1.54) is 17.7 Å². The number of fused-ring (bicyclic) bond motifs is 1. The number of carbonyl (C=O) groups excluding carboxylic acids is 3. The molecule has 1 atom stereocenters. The Labute approximate surface area is 168 Å². The van der Waals surface area contributed by atoms with Crippen LogP contribution < -0.4 is 10.6 Å². The van der Waals surface area contributed by atoms with Crippen molar-refractivity contribution in [2.45, 2.75) is 31.2 Å².